The second-order valence-electron chi connectivity index (χ2n) is 3.36. The highest BCUT2D eigenvalue weighted by Crippen LogP contribution is 2.41. The van der Waals surface area contributed by atoms with Gasteiger partial charge in [-0.3, -0.25) is 4.79 Å². The summed E-state index contributed by atoms with van der Waals surface area (Å²) in [5, 5.41) is 9.43. The first kappa shape index (κ1) is 11.0. The summed E-state index contributed by atoms with van der Waals surface area (Å²) < 4.78 is 10.4. The third-order valence-corrected chi connectivity index (χ3v) is 2.59. The van der Waals surface area contributed by atoms with Gasteiger partial charge in [-0.25, -0.2) is 0 Å². The summed E-state index contributed by atoms with van der Waals surface area (Å²) in [7, 11) is 0. The molecule has 1 aliphatic heterocycles. The molecule has 0 bridgehead atoms. The van der Waals surface area contributed by atoms with E-state index in [-0.39, 0.29) is 13.3 Å². The average Bonchev–Trinajstić information content (AvgIpc) is 2.65. The molecule has 0 spiro atoms. The Hall–Kier alpha value is -1.46. The predicted molar refractivity (Wildman–Crippen MR) is 57.0 cm³/mol. The van der Waals surface area contributed by atoms with Crippen molar-refractivity contribution in [1.82, 2.24) is 0 Å². The molecule has 1 aromatic carbocycles. The Morgan fingerprint density at radius 1 is 1.56 bits per heavy atom. The van der Waals surface area contributed by atoms with Gasteiger partial charge in [-0.2, -0.15) is 0 Å². The Kier molecular flexibility index (Phi) is 2.89. The maximum Gasteiger partial charge on any atom is 0.312 e. The fraction of sp³-hybridized carbons (Fsp3) is 0.300. The van der Waals surface area contributed by atoms with Gasteiger partial charge in [-0.15, -0.1) is 0 Å². The van der Waals surface area contributed by atoms with Gasteiger partial charge in [0.1, 0.15) is 0 Å². The third kappa shape index (κ3) is 1.79. The van der Waals surface area contributed by atoms with Crippen LogP contribution >= 0.6 is 11.6 Å². The topological polar surface area (TPSA) is 81.8 Å². The third-order valence-electron chi connectivity index (χ3n) is 2.38. The molecule has 2 rings (SSSR count). The van der Waals surface area contributed by atoms with Crippen molar-refractivity contribution in [2.75, 3.05) is 13.3 Å². The number of benzene rings is 1. The maximum atomic E-state index is 11.0. The number of carboxylic acid groups (broad SMARTS) is 1. The Labute approximate surface area is 96.7 Å². The van der Waals surface area contributed by atoms with Crippen molar-refractivity contribution >= 4 is 17.6 Å². The Bertz CT molecular complexity index is 435. The number of hydrogen-bond acceptors (Lipinski definition) is 4. The summed E-state index contributed by atoms with van der Waals surface area (Å²) in [5.41, 5.74) is 5.88. The standard InChI is InChI=1S/C10H10ClNO4/c11-5-1-6(7(3-12)10(13)14)9-8(2-5)15-4-16-9/h1-2,7H,3-4,12H2,(H,13,14). The van der Waals surface area contributed by atoms with Crippen LogP contribution in [0.2, 0.25) is 5.02 Å². The van der Waals surface area contributed by atoms with Gasteiger partial charge in [0.15, 0.2) is 11.5 Å². The van der Waals surface area contributed by atoms with Crippen molar-refractivity contribution in [3.63, 3.8) is 0 Å². The fourth-order valence-corrected chi connectivity index (χ4v) is 1.84. The molecule has 0 saturated heterocycles. The molecule has 0 radical (unpaired) electrons. The number of nitrogens with two attached hydrogens (primary N) is 1. The maximum absolute atomic E-state index is 11.0. The lowest BCUT2D eigenvalue weighted by molar-refractivity contribution is -0.138. The summed E-state index contributed by atoms with van der Waals surface area (Å²) in [6.45, 7) is 0.0467. The largest absolute Gasteiger partial charge is 0.481 e. The molecule has 86 valence electrons. The van der Waals surface area contributed by atoms with E-state index in [1.54, 1.807) is 12.1 Å². The van der Waals surface area contributed by atoms with Crippen LogP contribution in [0, 0.1) is 0 Å². The number of rotatable bonds is 3. The summed E-state index contributed by atoms with van der Waals surface area (Å²) in [5.74, 6) is -0.971. The highest BCUT2D eigenvalue weighted by Gasteiger charge is 2.27. The second-order valence-corrected chi connectivity index (χ2v) is 3.79. The molecule has 1 aliphatic rings. The molecule has 1 aromatic rings. The molecule has 6 heteroatoms. The molecule has 0 fully saturated rings. The molecule has 0 aliphatic carbocycles. The van der Waals surface area contributed by atoms with Crippen molar-refractivity contribution in [3.05, 3.63) is 22.7 Å². The van der Waals surface area contributed by atoms with Crippen LogP contribution in [0.5, 0.6) is 11.5 Å². The molecular weight excluding hydrogens is 234 g/mol. The molecule has 0 aromatic heterocycles. The minimum atomic E-state index is -1.01. The molecule has 1 unspecified atom stereocenters. The van der Waals surface area contributed by atoms with Crippen LogP contribution in [0.4, 0.5) is 0 Å². The fourth-order valence-electron chi connectivity index (χ4n) is 1.62. The Morgan fingerprint density at radius 2 is 2.31 bits per heavy atom. The van der Waals surface area contributed by atoms with E-state index in [4.69, 9.17) is 31.9 Å². The van der Waals surface area contributed by atoms with Crippen LogP contribution in [-0.4, -0.2) is 24.4 Å². The van der Waals surface area contributed by atoms with E-state index >= 15 is 0 Å². The first-order valence-corrected chi connectivity index (χ1v) is 5.03. The number of carboxylic acids is 1. The second kappa shape index (κ2) is 4.19. The summed E-state index contributed by atoms with van der Waals surface area (Å²) in [6.07, 6.45) is 0. The van der Waals surface area contributed by atoms with Crippen LogP contribution in [0.1, 0.15) is 11.5 Å². The number of carbonyl (C=O) groups is 1. The van der Waals surface area contributed by atoms with Gasteiger partial charge < -0.3 is 20.3 Å². The van der Waals surface area contributed by atoms with Gasteiger partial charge >= 0.3 is 5.97 Å². The summed E-state index contributed by atoms with van der Waals surface area (Å²) in [4.78, 5) is 11.0. The first-order valence-electron chi connectivity index (χ1n) is 4.65. The van der Waals surface area contributed by atoms with Gasteiger partial charge in [0.25, 0.3) is 0 Å². The Balaban J connectivity index is 2.51. The van der Waals surface area contributed by atoms with Gasteiger partial charge in [0, 0.05) is 23.2 Å². The van der Waals surface area contributed by atoms with Crippen LogP contribution in [0.3, 0.4) is 0 Å². The zero-order valence-corrected chi connectivity index (χ0v) is 9.03. The minimum absolute atomic E-state index is 0.0223. The van der Waals surface area contributed by atoms with E-state index in [0.29, 0.717) is 22.1 Å². The molecule has 5 nitrogen and oxygen atoms in total. The average molecular weight is 244 g/mol. The van der Waals surface area contributed by atoms with E-state index in [1.165, 1.54) is 0 Å². The van der Waals surface area contributed by atoms with E-state index in [0.717, 1.165) is 0 Å². The van der Waals surface area contributed by atoms with E-state index in [9.17, 15) is 4.79 Å². The van der Waals surface area contributed by atoms with Crippen LogP contribution < -0.4 is 15.2 Å². The van der Waals surface area contributed by atoms with Crippen molar-refractivity contribution in [3.8, 4) is 11.5 Å². The highest BCUT2D eigenvalue weighted by molar-refractivity contribution is 6.30. The number of halogens is 1. The first-order chi connectivity index (χ1) is 7.63. The van der Waals surface area contributed by atoms with E-state index in [2.05, 4.69) is 0 Å². The van der Waals surface area contributed by atoms with Crippen molar-refractivity contribution in [2.24, 2.45) is 5.73 Å². The molecule has 1 heterocycles. The van der Waals surface area contributed by atoms with Gasteiger partial charge in [-0.1, -0.05) is 11.6 Å². The van der Waals surface area contributed by atoms with Crippen LogP contribution in [-0.2, 0) is 4.79 Å². The number of ether oxygens (including phenoxy) is 2. The van der Waals surface area contributed by atoms with E-state index in [1.807, 2.05) is 0 Å². The van der Waals surface area contributed by atoms with Gasteiger partial charge in [0.05, 0.1) is 5.92 Å². The van der Waals surface area contributed by atoms with Crippen LogP contribution in [0.15, 0.2) is 12.1 Å². The molecule has 0 saturated carbocycles. The number of fused-ring (bicyclic) bond motifs is 1. The molecule has 1 atom stereocenters. The number of aliphatic carboxylic acids is 1. The van der Waals surface area contributed by atoms with E-state index < -0.39 is 11.9 Å². The van der Waals surface area contributed by atoms with Gasteiger partial charge in [-0.05, 0) is 6.07 Å². The lowest BCUT2D eigenvalue weighted by Gasteiger charge is -2.12. The number of hydrogen-bond donors (Lipinski definition) is 2. The monoisotopic (exact) mass is 243 g/mol. The molecule has 0 amide bonds. The zero-order chi connectivity index (χ0) is 11.7. The van der Waals surface area contributed by atoms with Crippen molar-refractivity contribution in [1.29, 1.82) is 0 Å². The summed E-state index contributed by atoms with van der Waals surface area (Å²) in [6, 6.07) is 3.13. The lowest BCUT2D eigenvalue weighted by Crippen LogP contribution is -2.21. The summed E-state index contributed by atoms with van der Waals surface area (Å²) >= 11 is 5.86. The highest BCUT2D eigenvalue weighted by atomic mass is 35.5. The molecular formula is C10H10ClNO4. The lowest BCUT2D eigenvalue weighted by atomic mass is 9.98. The Morgan fingerprint density at radius 3 is 2.94 bits per heavy atom. The normalized spacial score (nSPS) is 14.9. The van der Waals surface area contributed by atoms with Crippen molar-refractivity contribution in [2.45, 2.75) is 5.92 Å². The van der Waals surface area contributed by atoms with Crippen LogP contribution in [0.25, 0.3) is 0 Å². The molecule has 16 heavy (non-hydrogen) atoms. The minimum Gasteiger partial charge on any atom is -0.481 e. The quantitative estimate of drug-likeness (QED) is 0.834. The zero-order valence-electron chi connectivity index (χ0n) is 8.27. The smallest absolute Gasteiger partial charge is 0.312 e. The van der Waals surface area contributed by atoms with Gasteiger partial charge in [0.2, 0.25) is 6.79 Å². The SMILES string of the molecule is NCC(C(=O)O)c1cc(Cl)cc2c1OCO2. The molecule has 3 N–H and O–H groups in total. The van der Waals surface area contributed by atoms with Crippen molar-refractivity contribution < 1.29 is 19.4 Å². The predicted octanol–water partition coefficient (Wildman–Crippen LogP) is 1.20.